The maximum atomic E-state index is 8.73. The average Bonchev–Trinajstić information content (AvgIpc) is 2.76. The molecule has 0 aromatic heterocycles. The lowest BCUT2D eigenvalue weighted by atomic mass is 10.0. The molecule has 0 radical (unpaired) electrons. The summed E-state index contributed by atoms with van der Waals surface area (Å²) in [6, 6.07) is 0. The molecule has 0 fully saturated rings. The molecule has 0 aliphatic heterocycles. The summed E-state index contributed by atoms with van der Waals surface area (Å²) in [6.07, 6.45) is 30.2. The minimum Gasteiger partial charge on any atom is -0.396 e. The van der Waals surface area contributed by atoms with Gasteiger partial charge >= 0.3 is 0 Å². The normalized spacial score (nSPS) is 10.3. The highest BCUT2D eigenvalue weighted by molar-refractivity contribution is 5.25. The molecular weight excluding hydrogens is 364 g/mol. The summed E-state index contributed by atoms with van der Waals surface area (Å²) in [7, 11) is 0. The number of aliphatic hydroxyl groups excluding tert-OH is 1. The molecule has 0 saturated carbocycles. The number of hydrogen-bond acceptors (Lipinski definition) is 1. The lowest BCUT2D eigenvalue weighted by Gasteiger charge is -2.02. The van der Waals surface area contributed by atoms with Gasteiger partial charge < -0.3 is 5.11 Å². The second-order valence-corrected chi connectivity index (χ2v) is 8.90. The monoisotopic (exact) mass is 416 g/mol. The van der Waals surface area contributed by atoms with Crippen molar-refractivity contribution in [3.8, 4) is 23.7 Å². The van der Waals surface area contributed by atoms with Crippen molar-refractivity contribution >= 4 is 0 Å². The molecule has 0 bridgehead atoms. The van der Waals surface area contributed by atoms with E-state index in [1.54, 1.807) is 0 Å². The Labute approximate surface area is 190 Å². The van der Waals surface area contributed by atoms with E-state index in [1.165, 1.54) is 128 Å². The van der Waals surface area contributed by atoms with Crippen molar-refractivity contribution in [3.63, 3.8) is 0 Å². The van der Waals surface area contributed by atoms with Gasteiger partial charge in [-0.2, -0.15) is 0 Å². The maximum absolute atomic E-state index is 8.73. The van der Waals surface area contributed by atoms with Gasteiger partial charge in [0.15, 0.2) is 0 Å². The van der Waals surface area contributed by atoms with Gasteiger partial charge in [0.05, 0.1) is 0 Å². The SMILES string of the molecule is CCCCCCCCCCCCCCCCC#CC#CCCCCCCCCCO. The fourth-order valence-electron chi connectivity index (χ4n) is 3.83. The molecule has 0 unspecified atom stereocenters. The molecule has 0 aliphatic carbocycles. The lowest BCUT2D eigenvalue weighted by Crippen LogP contribution is -1.83. The minimum absolute atomic E-state index is 0.343. The van der Waals surface area contributed by atoms with Crippen molar-refractivity contribution < 1.29 is 5.11 Å². The first-order valence-corrected chi connectivity index (χ1v) is 13.5. The molecule has 0 heterocycles. The van der Waals surface area contributed by atoms with E-state index in [-0.39, 0.29) is 0 Å². The first-order chi connectivity index (χ1) is 14.9. The van der Waals surface area contributed by atoms with Crippen LogP contribution in [0.15, 0.2) is 0 Å². The largest absolute Gasteiger partial charge is 0.396 e. The highest BCUT2D eigenvalue weighted by Crippen LogP contribution is 2.13. The van der Waals surface area contributed by atoms with Crippen LogP contribution < -0.4 is 0 Å². The van der Waals surface area contributed by atoms with Crippen LogP contribution >= 0.6 is 0 Å². The van der Waals surface area contributed by atoms with Gasteiger partial charge in [-0.05, 0) is 31.1 Å². The third kappa shape index (κ3) is 27.1. The zero-order chi connectivity index (χ0) is 21.8. The summed E-state index contributed by atoms with van der Waals surface area (Å²) >= 11 is 0. The van der Waals surface area contributed by atoms with Crippen LogP contribution in [-0.4, -0.2) is 11.7 Å². The van der Waals surface area contributed by atoms with Crippen LogP contribution in [-0.2, 0) is 0 Å². The topological polar surface area (TPSA) is 20.2 Å². The fourth-order valence-corrected chi connectivity index (χ4v) is 3.83. The molecular formula is C29H52O. The number of unbranched alkanes of at least 4 members (excludes halogenated alkanes) is 21. The molecule has 0 rings (SSSR count). The van der Waals surface area contributed by atoms with Crippen molar-refractivity contribution in [2.45, 2.75) is 155 Å². The van der Waals surface area contributed by atoms with E-state index >= 15 is 0 Å². The van der Waals surface area contributed by atoms with Crippen molar-refractivity contribution in [3.05, 3.63) is 0 Å². The molecule has 1 N–H and O–H groups in total. The average molecular weight is 417 g/mol. The van der Waals surface area contributed by atoms with Gasteiger partial charge in [0.2, 0.25) is 0 Å². The number of aliphatic hydroxyl groups is 1. The smallest absolute Gasteiger partial charge is 0.0431 e. The van der Waals surface area contributed by atoms with E-state index < -0.39 is 0 Å². The Morgan fingerprint density at radius 2 is 0.700 bits per heavy atom. The van der Waals surface area contributed by atoms with E-state index in [0.717, 1.165) is 19.3 Å². The van der Waals surface area contributed by atoms with Crippen LogP contribution in [0.5, 0.6) is 0 Å². The first-order valence-electron chi connectivity index (χ1n) is 13.5. The Bertz CT molecular complexity index is 431. The molecule has 0 atom stereocenters. The van der Waals surface area contributed by atoms with Gasteiger partial charge in [-0.25, -0.2) is 0 Å². The predicted octanol–water partition coefficient (Wildman–Crippen LogP) is 8.98. The summed E-state index contributed by atoms with van der Waals surface area (Å²) < 4.78 is 0. The summed E-state index contributed by atoms with van der Waals surface area (Å²) in [4.78, 5) is 0. The molecule has 1 nitrogen and oxygen atoms in total. The fraction of sp³-hybridized carbons (Fsp3) is 0.862. The molecule has 0 aromatic rings. The predicted molar refractivity (Wildman–Crippen MR) is 135 cm³/mol. The Morgan fingerprint density at radius 3 is 1.03 bits per heavy atom. The van der Waals surface area contributed by atoms with Crippen molar-refractivity contribution in [2.75, 3.05) is 6.61 Å². The summed E-state index contributed by atoms with van der Waals surface area (Å²) in [5.74, 6) is 12.4. The maximum Gasteiger partial charge on any atom is 0.0431 e. The zero-order valence-corrected chi connectivity index (χ0v) is 20.4. The number of rotatable bonds is 22. The van der Waals surface area contributed by atoms with Crippen LogP contribution in [0, 0.1) is 23.7 Å². The Morgan fingerprint density at radius 1 is 0.400 bits per heavy atom. The summed E-state index contributed by atoms with van der Waals surface area (Å²) in [5, 5.41) is 8.73. The second-order valence-electron chi connectivity index (χ2n) is 8.90. The highest BCUT2D eigenvalue weighted by atomic mass is 16.2. The van der Waals surface area contributed by atoms with E-state index in [4.69, 9.17) is 5.11 Å². The molecule has 1 heteroatoms. The Balaban J connectivity index is 3.19. The van der Waals surface area contributed by atoms with Crippen LogP contribution in [0.2, 0.25) is 0 Å². The second kappa shape index (κ2) is 28.1. The molecule has 0 aliphatic rings. The number of hydrogen-bond donors (Lipinski definition) is 1. The van der Waals surface area contributed by atoms with Gasteiger partial charge in [0, 0.05) is 19.4 Å². The van der Waals surface area contributed by atoms with Crippen molar-refractivity contribution in [2.24, 2.45) is 0 Å². The third-order valence-electron chi connectivity index (χ3n) is 5.85. The molecule has 0 aromatic carbocycles. The Kier molecular flexibility index (Phi) is 27.2. The first kappa shape index (κ1) is 29.1. The van der Waals surface area contributed by atoms with Gasteiger partial charge in [-0.3, -0.25) is 0 Å². The van der Waals surface area contributed by atoms with Crippen molar-refractivity contribution in [1.29, 1.82) is 0 Å². The molecule has 0 amide bonds. The van der Waals surface area contributed by atoms with Crippen LogP contribution in [0.1, 0.15) is 155 Å². The summed E-state index contributed by atoms with van der Waals surface area (Å²) in [5.41, 5.74) is 0. The van der Waals surface area contributed by atoms with Gasteiger partial charge in [0.25, 0.3) is 0 Å². The molecule has 174 valence electrons. The van der Waals surface area contributed by atoms with Gasteiger partial charge in [-0.15, -0.1) is 0 Å². The van der Waals surface area contributed by atoms with Gasteiger partial charge in [0.1, 0.15) is 0 Å². The third-order valence-corrected chi connectivity index (χ3v) is 5.85. The van der Waals surface area contributed by atoms with Gasteiger partial charge in [-0.1, -0.05) is 134 Å². The van der Waals surface area contributed by atoms with Crippen LogP contribution in [0.4, 0.5) is 0 Å². The quantitative estimate of drug-likeness (QED) is 0.138. The molecule has 0 spiro atoms. The van der Waals surface area contributed by atoms with Crippen LogP contribution in [0.25, 0.3) is 0 Å². The van der Waals surface area contributed by atoms with E-state index in [2.05, 4.69) is 30.6 Å². The van der Waals surface area contributed by atoms with Crippen LogP contribution in [0.3, 0.4) is 0 Å². The van der Waals surface area contributed by atoms with E-state index in [0.29, 0.717) is 6.61 Å². The standard InChI is InChI=1S/C29H52O/c1-2-3-4-5-6-7-8-9-10-11-12-13-14-15-16-17-18-19-20-21-22-23-24-25-26-27-28-29-30/h30H,2-16,21-29H2,1H3. The zero-order valence-electron chi connectivity index (χ0n) is 20.4. The van der Waals surface area contributed by atoms with Crippen molar-refractivity contribution in [1.82, 2.24) is 0 Å². The Hall–Kier alpha value is -0.920. The lowest BCUT2D eigenvalue weighted by molar-refractivity contribution is 0.282. The summed E-state index contributed by atoms with van der Waals surface area (Å²) in [6.45, 7) is 2.63. The highest BCUT2D eigenvalue weighted by Gasteiger charge is 1.94. The molecule has 0 saturated heterocycles. The van der Waals surface area contributed by atoms with E-state index in [9.17, 15) is 0 Å². The minimum atomic E-state index is 0.343. The molecule has 30 heavy (non-hydrogen) atoms. The van der Waals surface area contributed by atoms with E-state index in [1.807, 2.05) is 0 Å².